The normalized spacial score (nSPS) is 17.0. The number of aromatic hydroxyl groups is 1. The van der Waals surface area contributed by atoms with Gasteiger partial charge in [0.15, 0.2) is 0 Å². The molecule has 1 aliphatic heterocycles. The Morgan fingerprint density at radius 1 is 1.33 bits per heavy atom. The molecule has 11 heteroatoms. The second-order valence-corrected chi connectivity index (χ2v) is 8.91. The number of anilines is 1. The lowest BCUT2D eigenvalue weighted by atomic mass is 10.1. The largest absolute Gasteiger partial charge is 0.506 e. The fourth-order valence-corrected chi connectivity index (χ4v) is 3.99. The number of nitrogens with zero attached hydrogens (tertiary/aromatic N) is 1. The summed E-state index contributed by atoms with van der Waals surface area (Å²) in [5.41, 5.74) is 0.822. The van der Waals surface area contributed by atoms with Crippen LogP contribution < -0.4 is 13.7 Å². The number of carbonyl (C=O) groups is 1. The number of benzene rings is 1. The highest BCUT2D eigenvalue weighted by Crippen LogP contribution is 2.31. The van der Waals surface area contributed by atoms with Crippen molar-refractivity contribution < 1.29 is 26.7 Å². The van der Waals surface area contributed by atoms with Crippen molar-refractivity contribution in [2.24, 2.45) is 0 Å². The second-order valence-electron chi connectivity index (χ2n) is 5.48. The number of hydrogen-bond acceptors (Lipinski definition) is 6. The SMILES string of the molecule is CS(=O)(=O)NCCCCc1ccc(N2CC(=O)NS2(=O)=O)c(O)c1. The third-order valence-electron chi connectivity index (χ3n) is 3.39. The van der Waals surface area contributed by atoms with Crippen molar-refractivity contribution in [3.63, 3.8) is 0 Å². The minimum Gasteiger partial charge on any atom is -0.506 e. The standard InChI is InChI=1S/C13H19N3O6S2/c1-23(19,20)14-7-3-2-4-10-5-6-11(12(17)8-10)16-9-13(18)15-24(16,21)22/h5-6,8,14,17H,2-4,7,9H2,1H3,(H,15,18). The monoisotopic (exact) mass is 377 g/mol. The van der Waals surface area contributed by atoms with E-state index in [1.54, 1.807) is 6.07 Å². The van der Waals surface area contributed by atoms with Gasteiger partial charge in [0.2, 0.25) is 10.0 Å². The zero-order chi connectivity index (χ0) is 18.0. The summed E-state index contributed by atoms with van der Waals surface area (Å²) in [5.74, 6) is -0.890. The Kier molecular flexibility index (Phi) is 5.35. The molecule has 1 aromatic carbocycles. The van der Waals surface area contributed by atoms with E-state index < -0.39 is 26.1 Å². The molecular weight excluding hydrogens is 358 g/mol. The summed E-state index contributed by atoms with van der Waals surface area (Å²) >= 11 is 0. The molecule has 0 bridgehead atoms. The molecule has 2 rings (SSSR count). The molecule has 0 aliphatic carbocycles. The highest BCUT2D eigenvalue weighted by Gasteiger charge is 2.35. The summed E-state index contributed by atoms with van der Waals surface area (Å²) < 4.78 is 50.4. The topological polar surface area (TPSA) is 133 Å². The highest BCUT2D eigenvalue weighted by atomic mass is 32.2. The average Bonchev–Trinajstić information content (AvgIpc) is 2.70. The average molecular weight is 377 g/mol. The van der Waals surface area contributed by atoms with Crippen LogP contribution in [0.2, 0.25) is 0 Å². The minimum atomic E-state index is -3.95. The van der Waals surface area contributed by atoms with Crippen LogP contribution in [0.5, 0.6) is 5.75 Å². The van der Waals surface area contributed by atoms with Gasteiger partial charge in [-0.15, -0.1) is 0 Å². The molecular formula is C13H19N3O6S2. The molecule has 0 radical (unpaired) electrons. The molecule has 1 aromatic rings. The van der Waals surface area contributed by atoms with Crippen LogP contribution in [0.4, 0.5) is 5.69 Å². The van der Waals surface area contributed by atoms with E-state index in [1.807, 2.05) is 4.72 Å². The molecule has 1 heterocycles. The van der Waals surface area contributed by atoms with E-state index in [2.05, 4.69) is 4.72 Å². The summed E-state index contributed by atoms with van der Waals surface area (Å²) in [4.78, 5) is 11.2. The number of unbranched alkanes of at least 4 members (excludes halogenated alkanes) is 1. The Labute approximate surface area is 140 Å². The Morgan fingerprint density at radius 2 is 2.04 bits per heavy atom. The van der Waals surface area contributed by atoms with Crippen LogP contribution in [0.3, 0.4) is 0 Å². The van der Waals surface area contributed by atoms with Crippen molar-refractivity contribution in [3.8, 4) is 5.75 Å². The maximum Gasteiger partial charge on any atom is 0.326 e. The van der Waals surface area contributed by atoms with Crippen LogP contribution in [-0.2, 0) is 31.4 Å². The Bertz CT molecular complexity index is 835. The summed E-state index contributed by atoms with van der Waals surface area (Å²) in [6.45, 7) is -0.0326. The molecule has 9 nitrogen and oxygen atoms in total. The lowest BCUT2D eigenvalue weighted by Crippen LogP contribution is -2.29. The first-order valence-electron chi connectivity index (χ1n) is 7.18. The van der Waals surface area contributed by atoms with E-state index in [0.29, 0.717) is 25.8 Å². The van der Waals surface area contributed by atoms with Crippen LogP contribution in [0.15, 0.2) is 18.2 Å². The molecule has 3 N–H and O–H groups in total. The van der Waals surface area contributed by atoms with Crippen LogP contribution in [-0.4, -0.2) is 47.2 Å². The summed E-state index contributed by atoms with van der Waals surface area (Å²) in [5, 5.41) is 10.0. The van der Waals surface area contributed by atoms with Gasteiger partial charge in [0.1, 0.15) is 12.3 Å². The van der Waals surface area contributed by atoms with E-state index in [-0.39, 0.29) is 18.0 Å². The van der Waals surface area contributed by atoms with Crippen molar-refractivity contribution in [2.45, 2.75) is 19.3 Å². The zero-order valence-electron chi connectivity index (χ0n) is 13.0. The quantitative estimate of drug-likeness (QED) is 0.546. The number of carbonyl (C=O) groups excluding carboxylic acids is 1. The van der Waals surface area contributed by atoms with E-state index in [1.165, 1.54) is 12.1 Å². The number of phenols is 1. The Morgan fingerprint density at radius 3 is 2.58 bits per heavy atom. The minimum absolute atomic E-state index is 0.0378. The zero-order valence-corrected chi connectivity index (χ0v) is 14.7. The molecule has 1 fully saturated rings. The number of phenolic OH excluding ortho intramolecular Hbond substituents is 1. The number of hydrogen-bond donors (Lipinski definition) is 3. The molecule has 1 amide bonds. The van der Waals surface area contributed by atoms with Gasteiger partial charge >= 0.3 is 10.2 Å². The number of rotatable bonds is 7. The lowest BCUT2D eigenvalue weighted by Gasteiger charge is -2.16. The number of sulfonamides is 1. The number of aryl methyl sites for hydroxylation is 1. The maximum absolute atomic E-state index is 11.8. The first kappa shape index (κ1) is 18.5. The summed E-state index contributed by atoms with van der Waals surface area (Å²) in [6, 6.07) is 4.55. The summed E-state index contributed by atoms with van der Waals surface area (Å²) in [6.07, 6.45) is 3.02. The van der Waals surface area contributed by atoms with E-state index in [4.69, 9.17) is 0 Å². The Balaban J connectivity index is 1.97. The van der Waals surface area contributed by atoms with Crippen molar-refractivity contribution in [1.29, 1.82) is 0 Å². The smallest absolute Gasteiger partial charge is 0.326 e. The van der Waals surface area contributed by atoms with Gasteiger partial charge in [-0.25, -0.2) is 22.2 Å². The van der Waals surface area contributed by atoms with Crippen LogP contribution in [0.1, 0.15) is 18.4 Å². The van der Waals surface area contributed by atoms with Gasteiger partial charge in [0, 0.05) is 6.54 Å². The van der Waals surface area contributed by atoms with Crippen molar-refractivity contribution in [1.82, 2.24) is 9.44 Å². The van der Waals surface area contributed by atoms with Gasteiger partial charge < -0.3 is 5.11 Å². The molecule has 0 spiro atoms. The van der Waals surface area contributed by atoms with Gasteiger partial charge in [-0.1, -0.05) is 6.07 Å². The number of amides is 1. The van der Waals surface area contributed by atoms with Crippen LogP contribution >= 0.6 is 0 Å². The Hall–Kier alpha value is -1.85. The lowest BCUT2D eigenvalue weighted by molar-refractivity contribution is -0.117. The van der Waals surface area contributed by atoms with Gasteiger partial charge in [-0.05, 0) is 37.0 Å². The van der Waals surface area contributed by atoms with Crippen molar-refractivity contribution >= 4 is 31.8 Å². The number of nitrogens with one attached hydrogen (secondary N) is 2. The molecule has 0 atom stereocenters. The molecule has 0 saturated carbocycles. The highest BCUT2D eigenvalue weighted by molar-refractivity contribution is 7.92. The van der Waals surface area contributed by atoms with E-state index >= 15 is 0 Å². The van der Waals surface area contributed by atoms with Crippen molar-refractivity contribution in [2.75, 3.05) is 23.7 Å². The fraction of sp³-hybridized carbons (Fsp3) is 0.462. The predicted octanol–water partition coefficient (Wildman–Crippen LogP) is -0.555. The van der Waals surface area contributed by atoms with Crippen molar-refractivity contribution in [3.05, 3.63) is 23.8 Å². The maximum atomic E-state index is 11.8. The van der Waals surface area contributed by atoms with Gasteiger partial charge in [0.05, 0.1) is 11.9 Å². The van der Waals surface area contributed by atoms with Crippen LogP contribution in [0.25, 0.3) is 0 Å². The molecule has 134 valence electrons. The molecule has 1 saturated heterocycles. The second kappa shape index (κ2) is 6.95. The van der Waals surface area contributed by atoms with Gasteiger partial charge in [-0.3, -0.25) is 4.79 Å². The molecule has 0 unspecified atom stereocenters. The van der Waals surface area contributed by atoms with E-state index in [0.717, 1.165) is 16.1 Å². The molecule has 24 heavy (non-hydrogen) atoms. The van der Waals surface area contributed by atoms with Gasteiger partial charge in [0.25, 0.3) is 5.91 Å². The van der Waals surface area contributed by atoms with E-state index in [9.17, 15) is 26.7 Å². The third-order valence-corrected chi connectivity index (χ3v) is 5.51. The fourth-order valence-electron chi connectivity index (χ4n) is 2.31. The first-order chi connectivity index (χ1) is 11.1. The third kappa shape index (κ3) is 4.82. The first-order valence-corrected chi connectivity index (χ1v) is 10.5. The molecule has 0 aromatic heterocycles. The van der Waals surface area contributed by atoms with Crippen LogP contribution in [0, 0.1) is 0 Å². The predicted molar refractivity (Wildman–Crippen MR) is 88.3 cm³/mol. The molecule has 1 aliphatic rings. The summed E-state index contributed by atoms with van der Waals surface area (Å²) in [7, 11) is -7.15. The van der Waals surface area contributed by atoms with Gasteiger partial charge in [-0.2, -0.15) is 8.42 Å².